The van der Waals surface area contributed by atoms with E-state index in [9.17, 15) is 48.3 Å². The molecule has 5 N–H and O–H groups in total. The Hall–Kier alpha value is -9.12. The number of nitrogens with zero attached hydrogens (tertiary/aromatic N) is 5. The Morgan fingerprint density at radius 3 is 1.67 bits per heavy atom. The smallest absolute Gasteiger partial charge is 0.416 e. The second kappa shape index (κ2) is 48.7. The average Bonchev–Trinajstić information content (AvgIpc) is 1.62. The van der Waals surface area contributed by atoms with E-state index in [2.05, 4.69) is 26.3 Å². The van der Waals surface area contributed by atoms with E-state index in [0.29, 0.717) is 159 Å². The van der Waals surface area contributed by atoms with E-state index in [1.807, 2.05) is 20.0 Å². The van der Waals surface area contributed by atoms with Crippen molar-refractivity contribution in [2.24, 2.45) is 22.7 Å². The SMILES string of the molecule is COc1cc2c(cc1OCCCCCOc1cc3c(cc1OC)C(=O)N1C=C(C)C[C@H]1[C@H](O)N3C(=O)OCc1ccc(NC(=O)[C@H](C)NC(=O)[C@@H](NC(=O)CCOCCOCCOCCOCCOCCOCCOCCOCCNC(=O)CCN3C(=O)CC(C4CCCCCCCCC4)C3=O)C(C)C)cc1)N=C[C@@H]1CC(C)=CN1C2=O. The van der Waals surface area contributed by atoms with Crippen molar-refractivity contribution in [2.75, 3.05) is 156 Å². The van der Waals surface area contributed by atoms with Gasteiger partial charge >= 0.3 is 6.09 Å². The first-order valence-electron chi connectivity index (χ1n) is 41.3. The van der Waals surface area contributed by atoms with Crippen molar-refractivity contribution in [3.63, 3.8) is 0 Å². The van der Waals surface area contributed by atoms with Crippen molar-refractivity contribution >= 4 is 76.6 Å². The number of benzene rings is 3. The minimum absolute atomic E-state index is 0.0136. The molecule has 9 amide bonds. The zero-order chi connectivity index (χ0) is 83.4. The number of carbonyl (C=O) groups excluding carboxylic acids is 9. The minimum Gasteiger partial charge on any atom is -0.493 e. The molecule has 117 heavy (non-hydrogen) atoms. The van der Waals surface area contributed by atoms with Crippen LogP contribution in [0.3, 0.4) is 0 Å². The van der Waals surface area contributed by atoms with Crippen LogP contribution in [0.4, 0.5) is 21.9 Å². The number of hydrogen-bond donors (Lipinski definition) is 5. The van der Waals surface area contributed by atoms with Crippen molar-refractivity contribution in [3.05, 3.63) is 88.8 Å². The molecule has 2 fully saturated rings. The molecule has 1 unspecified atom stereocenters. The zero-order valence-electron chi connectivity index (χ0n) is 69.0. The predicted octanol–water partition coefficient (Wildman–Crippen LogP) is 8.89. The van der Waals surface area contributed by atoms with E-state index < -0.39 is 54.1 Å². The van der Waals surface area contributed by atoms with Gasteiger partial charge in [-0.15, -0.1) is 0 Å². The Labute approximate surface area is 685 Å². The molecular weight excluding hydrogens is 1510 g/mol. The molecule has 0 radical (unpaired) electrons. The molecule has 0 bridgehead atoms. The fraction of sp³-hybridized carbons (Fsp3) is 0.624. The number of fused-ring (bicyclic) bond motifs is 4. The van der Waals surface area contributed by atoms with E-state index in [1.165, 1.54) is 75.2 Å². The van der Waals surface area contributed by atoms with Crippen LogP contribution in [-0.4, -0.2) is 256 Å². The van der Waals surface area contributed by atoms with E-state index in [0.717, 1.165) is 48.2 Å². The van der Waals surface area contributed by atoms with Gasteiger partial charge in [-0.3, -0.25) is 48.2 Å². The van der Waals surface area contributed by atoms with Gasteiger partial charge in [0.05, 0.1) is 174 Å². The largest absolute Gasteiger partial charge is 0.493 e. The Morgan fingerprint density at radius 2 is 1.09 bits per heavy atom. The first kappa shape index (κ1) is 91.8. The fourth-order valence-electron chi connectivity index (χ4n) is 14.6. The number of rotatable bonds is 49. The van der Waals surface area contributed by atoms with Crippen LogP contribution in [-0.2, 0) is 78.0 Å². The van der Waals surface area contributed by atoms with Crippen molar-refractivity contribution in [1.82, 2.24) is 30.7 Å². The molecule has 5 aliphatic heterocycles. The third-order valence-corrected chi connectivity index (χ3v) is 21.1. The number of aliphatic imine (C=N–C) groups is 1. The molecule has 32 nitrogen and oxygen atoms in total. The maximum atomic E-state index is 14.3. The van der Waals surface area contributed by atoms with E-state index >= 15 is 0 Å². The summed E-state index contributed by atoms with van der Waals surface area (Å²) in [5.74, 6) is -1.54. The minimum atomic E-state index is -1.53. The number of unbranched alkanes of at least 4 members (excludes halogenated alkanes) is 2. The number of aliphatic hydroxyl groups is 1. The van der Waals surface area contributed by atoms with Crippen LogP contribution in [0.5, 0.6) is 23.0 Å². The van der Waals surface area contributed by atoms with Gasteiger partial charge in [-0.25, -0.2) is 9.69 Å². The summed E-state index contributed by atoms with van der Waals surface area (Å²) in [6.07, 6.45) is 16.5. The summed E-state index contributed by atoms with van der Waals surface area (Å²) in [6.45, 7) is 15.1. The van der Waals surface area contributed by atoms with Crippen molar-refractivity contribution in [1.29, 1.82) is 0 Å². The summed E-state index contributed by atoms with van der Waals surface area (Å²) < 4.78 is 74.0. The number of nitrogens with one attached hydrogen (secondary N) is 4. The van der Waals surface area contributed by atoms with Gasteiger partial charge in [0.1, 0.15) is 18.7 Å². The lowest BCUT2D eigenvalue weighted by molar-refractivity contribution is -0.140. The standard InChI is InChI=1S/C85H121N9O23/c1-57(2)78(90-76(96)25-30-107-32-34-109-36-38-111-40-42-113-44-45-114-43-41-112-39-37-110-35-33-108-31-26-86-75(95)24-27-91-77(97)50-65(81(91)100)62-18-14-11-9-8-10-12-15-19-62)80(99)88-60(5)79(98)89-63-22-20-61(21-23-63)56-117-85(104)94-69-52-74(72(106-7)49-67(69)83(102)93-55-59(4)47-70(93)84(94)103)116-29-17-13-16-28-115-73-51-68-66(48-71(73)105-6)82(101)92-54-58(3)46-64(92)53-87-68/h20-23,48-49,51-55,57,60,62,64-65,70,78,84,103H,8-19,24-47,50,56H2,1-7H3,(H,86,95)(H,88,99)(H,89,98)(H,90,96)/t60-,64-,65?,70-,78-,84-/m0/s1. The van der Waals surface area contributed by atoms with E-state index in [1.54, 1.807) is 67.6 Å². The molecule has 0 spiro atoms. The van der Waals surface area contributed by atoms with Gasteiger partial charge in [-0.2, -0.15) is 0 Å². The Kier molecular flexibility index (Phi) is 38.2. The van der Waals surface area contributed by atoms with Crippen LogP contribution in [0.2, 0.25) is 0 Å². The highest BCUT2D eigenvalue weighted by Gasteiger charge is 2.46. The number of imide groups is 1. The molecule has 32 heteroatoms. The van der Waals surface area contributed by atoms with Crippen molar-refractivity contribution in [3.8, 4) is 23.0 Å². The second-order valence-electron chi connectivity index (χ2n) is 30.3. The van der Waals surface area contributed by atoms with Gasteiger partial charge in [0.25, 0.3) is 11.8 Å². The number of hydrogen-bond acceptors (Lipinski definition) is 24. The van der Waals surface area contributed by atoms with Gasteiger partial charge < -0.3 is 97.8 Å². The summed E-state index contributed by atoms with van der Waals surface area (Å²) in [4.78, 5) is 130. The van der Waals surface area contributed by atoms with Crippen LogP contribution >= 0.6 is 0 Å². The highest BCUT2D eigenvalue weighted by Crippen LogP contribution is 2.43. The van der Waals surface area contributed by atoms with Crippen molar-refractivity contribution in [2.45, 2.75) is 181 Å². The van der Waals surface area contributed by atoms with Gasteiger partial charge in [0, 0.05) is 68.8 Å². The molecular formula is C85H121N9O23. The number of methoxy groups -OCH3 is 2. The molecule has 1 saturated heterocycles. The molecule has 0 aromatic heterocycles. The van der Waals surface area contributed by atoms with Gasteiger partial charge in [0.2, 0.25) is 35.4 Å². The number of anilines is 2. The number of ether oxygens (including phenoxy) is 13. The number of amides is 9. The van der Waals surface area contributed by atoms with Crippen molar-refractivity contribution < 1.29 is 110 Å². The molecule has 6 aliphatic rings. The first-order valence-corrected chi connectivity index (χ1v) is 41.3. The third kappa shape index (κ3) is 28.3. The molecule has 3 aromatic rings. The summed E-state index contributed by atoms with van der Waals surface area (Å²) >= 11 is 0. The maximum Gasteiger partial charge on any atom is 0.416 e. The molecule has 6 atom stereocenters. The summed E-state index contributed by atoms with van der Waals surface area (Å²) in [6, 6.07) is 9.95. The second-order valence-corrected chi connectivity index (χ2v) is 30.3. The molecule has 1 saturated carbocycles. The van der Waals surface area contributed by atoms with Crippen LogP contribution < -0.4 is 45.1 Å². The van der Waals surface area contributed by atoms with Crippen LogP contribution in [0, 0.1) is 17.8 Å². The lowest BCUT2D eigenvalue weighted by atomic mass is 9.82. The first-order chi connectivity index (χ1) is 56.7. The van der Waals surface area contributed by atoms with Crippen LogP contribution in [0.1, 0.15) is 170 Å². The highest BCUT2D eigenvalue weighted by atomic mass is 16.6. The zero-order valence-corrected chi connectivity index (χ0v) is 69.0. The van der Waals surface area contributed by atoms with E-state index in [-0.39, 0.29) is 129 Å². The lowest BCUT2D eigenvalue weighted by Crippen LogP contribution is -2.53. The van der Waals surface area contributed by atoms with Gasteiger partial charge in [-0.1, -0.05) is 82.1 Å². The van der Waals surface area contributed by atoms with Gasteiger partial charge in [-0.05, 0) is 107 Å². The summed E-state index contributed by atoms with van der Waals surface area (Å²) in [5.41, 5.74) is 3.92. The monoisotopic (exact) mass is 1640 g/mol. The molecule has 3 aromatic carbocycles. The van der Waals surface area contributed by atoms with Crippen LogP contribution in [0.15, 0.2) is 77.1 Å². The number of carbonyl (C=O) groups is 9. The summed E-state index contributed by atoms with van der Waals surface area (Å²) in [5, 5.41) is 23.0. The lowest BCUT2D eigenvalue weighted by Gasteiger charge is -2.31. The predicted molar refractivity (Wildman–Crippen MR) is 432 cm³/mol. The molecule has 9 rings (SSSR count). The molecule has 1 aliphatic carbocycles. The quantitative estimate of drug-likeness (QED) is 0.0260. The molecule has 644 valence electrons. The Bertz CT molecular complexity index is 3850. The van der Waals surface area contributed by atoms with Crippen LogP contribution in [0.25, 0.3) is 0 Å². The molecule has 5 heterocycles. The average molecular weight is 1640 g/mol. The van der Waals surface area contributed by atoms with E-state index in [4.69, 9.17) is 61.6 Å². The highest BCUT2D eigenvalue weighted by molar-refractivity contribution is 6.07. The normalized spacial score (nSPS) is 18.7. The summed E-state index contributed by atoms with van der Waals surface area (Å²) in [7, 11) is 2.96. The Morgan fingerprint density at radius 1 is 0.556 bits per heavy atom. The fourth-order valence-corrected chi connectivity index (χ4v) is 14.6. The topological polar surface area (TPSA) is 367 Å². The maximum absolute atomic E-state index is 14.3. The number of likely N-dealkylation sites (tertiary alicyclic amines) is 1. The van der Waals surface area contributed by atoms with Gasteiger partial charge in [0.15, 0.2) is 29.2 Å². The third-order valence-electron chi connectivity index (χ3n) is 21.1. The Balaban J connectivity index is 0.565. The number of aliphatic hydroxyl groups excluding tert-OH is 1.